The topological polar surface area (TPSA) is 56.7 Å². The van der Waals surface area contributed by atoms with E-state index in [0.29, 0.717) is 5.82 Å². The summed E-state index contributed by atoms with van der Waals surface area (Å²) in [6, 6.07) is 65.5. The van der Waals surface area contributed by atoms with Gasteiger partial charge in [0.25, 0.3) is 0 Å². The summed E-state index contributed by atoms with van der Waals surface area (Å²) in [6.45, 7) is 0. The maximum atomic E-state index is 6.56. The van der Waals surface area contributed by atoms with Gasteiger partial charge in [0.1, 0.15) is 11.1 Å². The van der Waals surface area contributed by atoms with E-state index in [1.54, 1.807) is 0 Å². The van der Waals surface area contributed by atoms with Crippen LogP contribution >= 0.6 is 0 Å². The van der Waals surface area contributed by atoms with Crippen LogP contribution in [0.25, 0.3) is 106 Å². The molecule has 0 amide bonds. The Morgan fingerprint density at radius 2 is 0.982 bits per heavy atom. The minimum absolute atomic E-state index is 0.630. The van der Waals surface area contributed by atoms with Crippen LogP contribution in [0.15, 0.2) is 199 Å². The molecule has 7 aromatic carbocycles. The molecule has 0 bridgehead atoms. The Bertz CT molecular complexity index is 3200. The third kappa shape index (κ3) is 5.37. The number of hydrogen-bond donors (Lipinski definition) is 0. The molecule has 0 atom stereocenters. The summed E-state index contributed by atoms with van der Waals surface area (Å²) in [7, 11) is 0. The summed E-state index contributed by atoms with van der Waals surface area (Å²) < 4.78 is 8.90. The summed E-state index contributed by atoms with van der Waals surface area (Å²) >= 11 is 0. The Labute approximate surface area is 322 Å². The molecule has 56 heavy (non-hydrogen) atoms. The molecule has 0 saturated carbocycles. The molecule has 4 aromatic heterocycles. The molecule has 0 aliphatic heterocycles. The Hall–Kier alpha value is -7.63. The first-order chi connectivity index (χ1) is 27.7. The van der Waals surface area contributed by atoms with Gasteiger partial charge in [0.15, 0.2) is 11.4 Å². The maximum absolute atomic E-state index is 6.56. The average molecular weight is 717 g/mol. The highest BCUT2D eigenvalue weighted by molar-refractivity contribution is 6.10. The van der Waals surface area contributed by atoms with Crippen molar-refractivity contribution in [2.24, 2.45) is 0 Å². The average Bonchev–Trinajstić information content (AvgIpc) is 3.83. The fraction of sp³-hybridized carbons (Fsp3) is 0. The SMILES string of the molecule is c1ccc(-c2cccc(-c3cc(-c4ccccc4)nc(-c4cc(-c5ccnc6c5oc5ccccc56)cc(-n5c6ccccc6c6ccccc65)c4)n3)c2)cc1. The van der Waals surface area contributed by atoms with Crippen molar-refractivity contribution in [3.05, 3.63) is 194 Å². The third-order valence-electron chi connectivity index (χ3n) is 10.6. The van der Waals surface area contributed by atoms with Gasteiger partial charge in [-0.2, -0.15) is 0 Å². The standard InChI is InChI=1S/C51H32N4O/c1-3-14-33(15-4-1)35-18-13-19-36(28-35)45-32-44(34-16-5-2-6-17-34)53-51(54-45)38-29-37(40-26-27-52-49-43-22-9-12-25-48(43)56-50(40)49)30-39(31-38)55-46-23-10-7-20-41(46)42-21-8-11-24-47(42)55/h1-32H. The molecule has 4 heterocycles. The lowest BCUT2D eigenvalue weighted by molar-refractivity contribution is 0.669. The summed E-state index contributed by atoms with van der Waals surface area (Å²) in [5, 5.41) is 3.38. The number of hydrogen-bond acceptors (Lipinski definition) is 4. The van der Waals surface area contributed by atoms with Crippen LogP contribution in [0.2, 0.25) is 0 Å². The number of rotatable bonds is 6. The summed E-state index contributed by atoms with van der Waals surface area (Å²) in [5.74, 6) is 0.630. The Morgan fingerprint density at radius 3 is 1.73 bits per heavy atom. The second-order valence-corrected chi connectivity index (χ2v) is 14.0. The number of para-hydroxylation sites is 3. The van der Waals surface area contributed by atoms with Gasteiger partial charge in [-0.1, -0.05) is 127 Å². The summed E-state index contributed by atoms with van der Waals surface area (Å²) in [4.78, 5) is 15.4. The van der Waals surface area contributed by atoms with E-state index in [9.17, 15) is 0 Å². The van der Waals surface area contributed by atoms with Gasteiger partial charge in [-0.25, -0.2) is 9.97 Å². The van der Waals surface area contributed by atoms with Crippen LogP contribution in [0.1, 0.15) is 0 Å². The van der Waals surface area contributed by atoms with Crippen LogP contribution in [0.3, 0.4) is 0 Å². The first kappa shape index (κ1) is 31.9. The van der Waals surface area contributed by atoms with Crippen LogP contribution in [-0.4, -0.2) is 19.5 Å². The quantitative estimate of drug-likeness (QED) is 0.172. The van der Waals surface area contributed by atoms with Crippen LogP contribution in [0.5, 0.6) is 0 Å². The molecule has 5 nitrogen and oxygen atoms in total. The molecule has 0 radical (unpaired) electrons. The van der Waals surface area contributed by atoms with Gasteiger partial charge in [0, 0.05) is 50.3 Å². The van der Waals surface area contributed by atoms with Crippen LogP contribution in [-0.2, 0) is 0 Å². The van der Waals surface area contributed by atoms with E-state index in [2.05, 4.69) is 156 Å². The van der Waals surface area contributed by atoms with Crippen molar-refractivity contribution >= 4 is 43.9 Å². The minimum Gasteiger partial charge on any atom is -0.454 e. The van der Waals surface area contributed by atoms with Gasteiger partial charge < -0.3 is 8.98 Å². The molecule has 0 spiro atoms. The van der Waals surface area contributed by atoms with Gasteiger partial charge >= 0.3 is 0 Å². The molecular formula is C51H32N4O. The lowest BCUT2D eigenvalue weighted by atomic mass is 9.99. The van der Waals surface area contributed by atoms with Gasteiger partial charge in [-0.05, 0) is 77.4 Å². The summed E-state index contributed by atoms with van der Waals surface area (Å²) in [6.07, 6.45) is 1.87. The van der Waals surface area contributed by atoms with Crippen molar-refractivity contribution < 1.29 is 4.42 Å². The molecule has 0 aliphatic rings. The zero-order chi connectivity index (χ0) is 37.0. The second-order valence-electron chi connectivity index (χ2n) is 14.0. The van der Waals surface area contributed by atoms with E-state index in [-0.39, 0.29) is 0 Å². The molecule has 0 unspecified atom stereocenters. The summed E-state index contributed by atoms with van der Waals surface area (Å²) in [5.41, 5.74) is 14.5. The number of nitrogens with zero attached hydrogens (tertiary/aromatic N) is 4. The Kier molecular flexibility index (Phi) is 7.42. The second kappa shape index (κ2) is 13.0. The van der Waals surface area contributed by atoms with Crippen molar-refractivity contribution in [2.45, 2.75) is 0 Å². The van der Waals surface area contributed by atoms with E-state index in [1.807, 2.05) is 42.6 Å². The zero-order valence-electron chi connectivity index (χ0n) is 30.2. The first-order valence-electron chi connectivity index (χ1n) is 18.8. The lowest BCUT2D eigenvalue weighted by Crippen LogP contribution is -1.99. The largest absolute Gasteiger partial charge is 0.454 e. The van der Waals surface area contributed by atoms with E-state index in [4.69, 9.17) is 19.4 Å². The molecule has 5 heteroatoms. The van der Waals surface area contributed by atoms with Crippen molar-refractivity contribution in [3.8, 4) is 61.8 Å². The molecule has 0 fully saturated rings. The predicted octanol–water partition coefficient (Wildman–Crippen LogP) is 13.2. The molecule has 11 aromatic rings. The minimum atomic E-state index is 0.630. The monoisotopic (exact) mass is 716 g/mol. The number of fused-ring (bicyclic) bond motifs is 6. The lowest BCUT2D eigenvalue weighted by Gasteiger charge is -2.15. The molecule has 11 rings (SSSR count). The van der Waals surface area contributed by atoms with Gasteiger partial charge in [-0.3, -0.25) is 4.98 Å². The normalized spacial score (nSPS) is 11.6. The van der Waals surface area contributed by atoms with Crippen molar-refractivity contribution in [1.82, 2.24) is 19.5 Å². The van der Waals surface area contributed by atoms with Gasteiger partial charge in [0.2, 0.25) is 0 Å². The highest BCUT2D eigenvalue weighted by Gasteiger charge is 2.19. The number of benzene rings is 7. The van der Waals surface area contributed by atoms with Gasteiger partial charge in [-0.15, -0.1) is 0 Å². The highest BCUT2D eigenvalue weighted by Crippen LogP contribution is 2.40. The van der Waals surface area contributed by atoms with E-state index < -0.39 is 0 Å². The molecular weight excluding hydrogens is 685 g/mol. The van der Waals surface area contributed by atoms with Gasteiger partial charge in [0.05, 0.1) is 22.4 Å². The highest BCUT2D eigenvalue weighted by atomic mass is 16.3. The van der Waals surface area contributed by atoms with Crippen molar-refractivity contribution in [3.63, 3.8) is 0 Å². The molecule has 262 valence electrons. The predicted molar refractivity (Wildman–Crippen MR) is 229 cm³/mol. The van der Waals surface area contributed by atoms with E-state index >= 15 is 0 Å². The Morgan fingerprint density at radius 1 is 0.411 bits per heavy atom. The fourth-order valence-electron chi connectivity index (χ4n) is 8.03. The van der Waals surface area contributed by atoms with Crippen LogP contribution in [0, 0.1) is 0 Å². The van der Waals surface area contributed by atoms with Crippen LogP contribution in [0.4, 0.5) is 0 Å². The smallest absolute Gasteiger partial charge is 0.161 e. The van der Waals surface area contributed by atoms with Crippen LogP contribution < -0.4 is 0 Å². The Balaban J connectivity index is 1.19. The third-order valence-corrected chi connectivity index (χ3v) is 10.6. The number of furan rings is 1. The zero-order valence-corrected chi connectivity index (χ0v) is 30.2. The maximum Gasteiger partial charge on any atom is 0.161 e. The first-order valence-corrected chi connectivity index (χ1v) is 18.8. The molecule has 0 N–H and O–H groups in total. The van der Waals surface area contributed by atoms with Crippen molar-refractivity contribution in [2.75, 3.05) is 0 Å². The molecule has 0 saturated heterocycles. The van der Waals surface area contributed by atoms with E-state index in [1.165, 1.54) is 10.8 Å². The number of pyridine rings is 1. The van der Waals surface area contributed by atoms with E-state index in [0.717, 1.165) is 89.1 Å². The number of aromatic nitrogens is 4. The molecule has 0 aliphatic carbocycles. The fourth-order valence-corrected chi connectivity index (χ4v) is 8.03. The van der Waals surface area contributed by atoms with Crippen molar-refractivity contribution in [1.29, 1.82) is 0 Å².